The molecule has 0 aliphatic carbocycles. The summed E-state index contributed by atoms with van der Waals surface area (Å²) in [4.78, 5) is 15.4. The van der Waals surface area contributed by atoms with Gasteiger partial charge in [0.1, 0.15) is 0 Å². The van der Waals surface area contributed by atoms with Gasteiger partial charge in [0, 0.05) is 36.3 Å². The first-order valence-electron chi connectivity index (χ1n) is 8.09. The van der Waals surface area contributed by atoms with Gasteiger partial charge in [-0.25, -0.2) is 9.97 Å². The van der Waals surface area contributed by atoms with Gasteiger partial charge in [-0.15, -0.1) is 11.3 Å². The fourth-order valence-corrected chi connectivity index (χ4v) is 3.81. The molecule has 0 spiro atoms. The highest BCUT2D eigenvalue weighted by Gasteiger charge is 2.25. The summed E-state index contributed by atoms with van der Waals surface area (Å²) in [6.07, 6.45) is 8.13. The third-order valence-electron chi connectivity index (χ3n) is 4.44. The van der Waals surface area contributed by atoms with Crippen LogP contribution in [0.25, 0.3) is 0 Å². The van der Waals surface area contributed by atoms with Crippen LogP contribution in [0.1, 0.15) is 37.8 Å². The van der Waals surface area contributed by atoms with Crippen molar-refractivity contribution in [3.8, 4) is 0 Å². The summed E-state index contributed by atoms with van der Waals surface area (Å²) in [5, 5.41) is 15.3. The fourth-order valence-electron chi connectivity index (χ4n) is 3.01. The molecular weight excluding hydrogens is 310 g/mol. The van der Waals surface area contributed by atoms with E-state index in [1.807, 2.05) is 0 Å². The topological polar surface area (TPSA) is 74.2 Å². The molecule has 7 heteroatoms. The molecule has 3 heterocycles. The van der Waals surface area contributed by atoms with Crippen LogP contribution in [0.4, 0.5) is 10.9 Å². The summed E-state index contributed by atoms with van der Waals surface area (Å²) >= 11 is 1.62. The van der Waals surface area contributed by atoms with Gasteiger partial charge in [-0.2, -0.15) is 0 Å². The molecule has 0 bridgehead atoms. The van der Waals surface area contributed by atoms with Crippen molar-refractivity contribution >= 4 is 22.3 Å². The summed E-state index contributed by atoms with van der Waals surface area (Å²) in [6, 6.07) is 0.463. The van der Waals surface area contributed by atoms with Crippen LogP contribution in [0.15, 0.2) is 24.0 Å². The van der Waals surface area contributed by atoms with E-state index in [1.54, 1.807) is 29.9 Å². The summed E-state index contributed by atoms with van der Waals surface area (Å²) in [5.41, 5.74) is 1.18. The van der Waals surface area contributed by atoms with Crippen LogP contribution in [0, 0.1) is 0 Å². The predicted octanol–water partition coefficient (Wildman–Crippen LogP) is 2.63. The molecule has 23 heavy (non-hydrogen) atoms. The normalized spacial score (nSPS) is 18.0. The quantitative estimate of drug-likeness (QED) is 0.846. The van der Waals surface area contributed by atoms with Crippen molar-refractivity contribution in [1.29, 1.82) is 0 Å². The van der Waals surface area contributed by atoms with E-state index >= 15 is 0 Å². The van der Waals surface area contributed by atoms with Crippen molar-refractivity contribution in [3.05, 3.63) is 29.7 Å². The monoisotopic (exact) mass is 333 g/mol. The SMILES string of the molecule is CC(CCO)N1CCC(c2csc(Nc3cnccn3)n2)CC1. The maximum atomic E-state index is 9.07. The lowest BCUT2D eigenvalue weighted by Gasteiger charge is -2.35. The molecule has 1 fully saturated rings. The zero-order valence-corrected chi connectivity index (χ0v) is 14.2. The maximum Gasteiger partial charge on any atom is 0.188 e. The van der Waals surface area contributed by atoms with E-state index in [9.17, 15) is 0 Å². The average Bonchev–Trinajstić information content (AvgIpc) is 3.05. The van der Waals surface area contributed by atoms with Crippen molar-refractivity contribution in [3.63, 3.8) is 0 Å². The van der Waals surface area contributed by atoms with E-state index in [0.29, 0.717) is 12.0 Å². The number of nitrogens with one attached hydrogen (secondary N) is 1. The van der Waals surface area contributed by atoms with Gasteiger partial charge in [-0.1, -0.05) is 0 Å². The minimum Gasteiger partial charge on any atom is -0.396 e. The highest BCUT2D eigenvalue weighted by Crippen LogP contribution is 2.31. The van der Waals surface area contributed by atoms with Gasteiger partial charge in [-0.05, 0) is 39.3 Å². The molecule has 3 rings (SSSR count). The van der Waals surface area contributed by atoms with Crippen LogP contribution < -0.4 is 5.32 Å². The third kappa shape index (κ3) is 4.25. The number of rotatable bonds is 6. The van der Waals surface area contributed by atoms with Gasteiger partial charge in [0.15, 0.2) is 10.9 Å². The molecule has 0 amide bonds. The van der Waals surface area contributed by atoms with Crippen LogP contribution in [0.3, 0.4) is 0 Å². The number of anilines is 2. The second-order valence-corrected chi connectivity index (χ2v) is 6.82. The average molecular weight is 333 g/mol. The van der Waals surface area contributed by atoms with Crippen molar-refractivity contribution < 1.29 is 5.11 Å². The number of hydrogen-bond acceptors (Lipinski definition) is 7. The first kappa shape index (κ1) is 16.3. The first-order chi connectivity index (χ1) is 11.3. The zero-order chi connectivity index (χ0) is 16.1. The number of piperidine rings is 1. The smallest absolute Gasteiger partial charge is 0.188 e. The van der Waals surface area contributed by atoms with E-state index < -0.39 is 0 Å². The molecule has 1 aliphatic rings. The molecule has 1 atom stereocenters. The lowest BCUT2D eigenvalue weighted by molar-refractivity contribution is 0.135. The molecule has 1 saturated heterocycles. The molecule has 0 radical (unpaired) electrons. The van der Waals surface area contributed by atoms with Gasteiger partial charge in [0.25, 0.3) is 0 Å². The van der Waals surface area contributed by atoms with E-state index in [-0.39, 0.29) is 6.61 Å². The standard InChI is InChI=1S/C16H23N5OS/c1-12(4-9-22)21-7-2-13(3-8-21)14-11-23-16(19-14)20-15-10-17-5-6-18-15/h5-6,10-13,22H,2-4,7-9H2,1H3,(H,18,19,20). The van der Waals surface area contributed by atoms with Gasteiger partial charge in [0.05, 0.1) is 11.9 Å². The van der Waals surface area contributed by atoms with Crippen LogP contribution >= 0.6 is 11.3 Å². The summed E-state index contributed by atoms with van der Waals surface area (Å²) in [5.74, 6) is 1.25. The predicted molar refractivity (Wildman–Crippen MR) is 92.1 cm³/mol. The highest BCUT2D eigenvalue weighted by molar-refractivity contribution is 7.13. The Morgan fingerprint density at radius 3 is 2.91 bits per heavy atom. The lowest BCUT2D eigenvalue weighted by Crippen LogP contribution is -2.39. The molecule has 0 saturated carbocycles. The molecule has 1 unspecified atom stereocenters. The van der Waals surface area contributed by atoms with Gasteiger partial charge in [0.2, 0.25) is 0 Å². The van der Waals surface area contributed by atoms with Crippen molar-refractivity contribution in [2.75, 3.05) is 25.0 Å². The summed E-state index contributed by atoms with van der Waals surface area (Å²) in [6.45, 7) is 4.62. The first-order valence-corrected chi connectivity index (χ1v) is 8.97. The molecule has 2 aromatic rings. The Kier molecular flexibility index (Phi) is 5.53. The highest BCUT2D eigenvalue weighted by atomic mass is 32.1. The molecule has 0 aromatic carbocycles. The molecular formula is C16H23N5OS. The van der Waals surface area contributed by atoms with Crippen LogP contribution in [-0.4, -0.2) is 50.7 Å². The fraction of sp³-hybridized carbons (Fsp3) is 0.562. The van der Waals surface area contributed by atoms with Crippen LogP contribution in [0.2, 0.25) is 0 Å². The lowest BCUT2D eigenvalue weighted by atomic mass is 9.93. The van der Waals surface area contributed by atoms with Crippen molar-refractivity contribution in [2.24, 2.45) is 0 Å². The van der Waals surface area contributed by atoms with Gasteiger partial charge >= 0.3 is 0 Å². The minimum atomic E-state index is 0.268. The van der Waals surface area contributed by atoms with Crippen LogP contribution in [-0.2, 0) is 0 Å². The van der Waals surface area contributed by atoms with Crippen molar-refractivity contribution in [1.82, 2.24) is 19.9 Å². The molecule has 1 aliphatic heterocycles. The molecule has 2 aromatic heterocycles. The second-order valence-electron chi connectivity index (χ2n) is 5.96. The zero-order valence-electron chi connectivity index (χ0n) is 13.4. The number of hydrogen-bond donors (Lipinski definition) is 2. The van der Waals surface area contributed by atoms with Crippen LogP contribution in [0.5, 0.6) is 0 Å². The van der Waals surface area contributed by atoms with Gasteiger partial charge < -0.3 is 15.3 Å². The van der Waals surface area contributed by atoms with E-state index in [1.165, 1.54) is 5.69 Å². The molecule has 2 N–H and O–H groups in total. The Morgan fingerprint density at radius 2 is 2.22 bits per heavy atom. The maximum absolute atomic E-state index is 9.07. The second kappa shape index (κ2) is 7.81. The minimum absolute atomic E-state index is 0.268. The Bertz CT molecular complexity index is 598. The van der Waals surface area contributed by atoms with Crippen molar-refractivity contribution in [2.45, 2.75) is 38.1 Å². The van der Waals surface area contributed by atoms with E-state index in [4.69, 9.17) is 10.1 Å². The molecule has 124 valence electrons. The van der Waals surface area contributed by atoms with E-state index in [2.05, 4.69) is 32.5 Å². The summed E-state index contributed by atoms with van der Waals surface area (Å²) < 4.78 is 0. The number of aliphatic hydroxyl groups is 1. The number of nitrogens with zero attached hydrogens (tertiary/aromatic N) is 4. The third-order valence-corrected chi connectivity index (χ3v) is 5.21. The number of aromatic nitrogens is 3. The number of likely N-dealkylation sites (tertiary alicyclic amines) is 1. The van der Waals surface area contributed by atoms with Gasteiger partial charge in [-0.3, -0.25) is 4.98 Å². The largest absolute Gasteiger partial charge is 0.396 e. The Labute approximate surface area is 140 Å². The summed E-state index contributed by atoms with van der Waals surface area (Å²) in [7, 11) is 0. The molecule has 6 nitrogen and oxygen atoms in total. The van der Waals surface area contributed by atoms with E-state index in [0.717, 1.165) is 43.3 Å². The Morgan fingerprint density at radius 1 is 1.39 bits per heavy atom. The number of thiazole rings is 1. The number of aliphatic hydroxyl groups excluding tert-OH is 1. The Balaban J connectivity index is 1.55. The Hall–Kier alpha value is -1.57.